The van der Waals surface area contributed by atoms with E-state index in [1.807, 2.05) is 30.3 Å². The van der Waals surface area contributed by atoms with Gasteiger partial charge in [-0.05, 0) is 12.0 Å². The molecule has 1 aliphatic heterocycles. The van der Waals surface area contributed by atoms with Crippen molar-refractivity contribution in [3.63, 3.8) is 0 Å². The number of hydrogen-bond donors (Lipinski definition) is 1. The van der Waals surface area contributed by atoms with Crippen LogP contribution in [0.3, 0.4) is 0 Å². The number of amides is 1. The number of hydrogen-bond acceptors (Lipinski definition) is 4. The Morgan fingerprint density at radius 1 is 1.32 bits per heavy atom. The average molecular weight is 303 g/mol. The van der Waals surface area contributed by atoms with Crippen molar-refractivity contribution in [1.82, 2.24) is 4.90 Å². The summed E-state index contributed by atoms with van der Waals surface area (Å²) in [6.45, 7) is 0.319. The number of ketones is 1. The van der Waals surface area contributed by atoms with E-state index in [2.05, 4.69) is 0 Å². The molecule has 1 amide bonds. The highest BCUT2D eigenvalue weighted by atomic mass is 16.6. The van der Waals surface area contributed by atoms with E-state index in [-0.39, 0.29) is 31.9 Å². The molecule has 2 unspecified atom stereocenters. The normalized spacial score (nSPS) is 26.8. The number of fused-ring (bicyclic) bond motifs is 1. The van der Waals surface area contributed by atoms with E-state index >= 15 is 0 Å². The number of carboxylic acids is 1. The molecule has 1 aromatic rings. The highest BCUT2D eigenvalue weighted by Gasteiger charge is 2.60. The number of carboxylic acid groups (broad SMARTS) is 1. The molecule has 3 rings (SSSR count). The van der Waals surface area contributed by atoms with E-state index in [1.165, 1.54) is 4.90 Å². The molecule has 22 heavy (non-hydrogen) atoms. The molecular weight excluding hydrogens is 286 g/mol. The van der Waals surface area contributed by atoms with Gasteiger partial charge in [0.2, 0.25) is 0 Å². The second-order valence-corrected chi connectivity index (χ2v) is 5.90. The quantitative estimate of drug-likeness (QED) is 0.918. The number of benzene rings is 1. The summed E-state index contributed by atoms with van der Waals surface area (Å²) in [5, 5.41) is 9.47. The Morgan fingerprint density at radius 2 is 2.05 bits per heavy atom. The van der Waals surface area contributed by atoms with Gasteiger partial charge in [0.15, 0.2) is 0 Å². The van der Waals surface area contributed by atoms with Gasteiger partial charge in [-0.2, -0.15) is 0 Å². The lowest BCUT2D eigenvalue weighted by atomic mass is 9.81. The van der Waals surface area contributed by atoms with Gasteiger partial charge in [0.1, 0.15) is 12.4 Å². The largest absolute Gasteiger partial charge is 0.481 e. The smallest absolute Gasteiger partial charge is 0.410 e. The summed E-state index contributed by atoms with van der Waals surface area (Å²) in [6, 6.07) is 9.25. The minimum absolute atomic E-state index is 0.0480. The molecule has 2 fully saturated rings. The fourth-order valence-corrected chi connectivity index (χ4v) is 3.37. The van der Waals surface area contributed by atoms with Crippen LogP contribution in [0.4, 0.5) is 4.79 Å². The van der Waals surface area contributed by atoms with Crippen molar-refractivity contribution >= 4 is 17.8 Å². The van der Waals surface area contributed by atoms with E-state index in [0.717, 1.165) is 5.56 Å². The molecule has 6 heteroatoms. The summed E-state index contributed by atoms with van der Waals surface area (Å²) in [6.07, 6.45) is 0.0183. The summed E-state index contributed by atoms with van der Waals surface area (Å²) in [5.74, 6) is -1.67. The third-order valence-electron chi connectivity index (χ3n) is 4.64. The van der Waals surface area contributed by atoms with Gasteiger partial charge in [-0.25, -0.2) is 4.79 Å². The van der Waals surface area contributed by atoms with Gasteiger partial charge in [0.25, 0.3) is 0 Å². The van der Waals surface area contributed by atoms with Gasteiger partial charge in [-0.15, -0.1) is 0 Å². The SMILES string of the molecule is O=C1CCC2(C(=O)O)CN(C(=O)OCc3ccccc3)CC12. The molecular formula is C16H17NO5. The second kappa shape index (κ2) is 5.44. The van der Waals surface area contributed by atoms with Crippen LogP contribution in [0.5, 0.6) is 0 Å². The Balaban J connectivity index is 1.66. The predicted octanol–water partition coefficient (Wildman–Crippen LogP) is 1.69. The van der Waals surface area contributed by atoms with Crippen molar-refractivity contribution in [1.29, 1.82) is 0 Å². The highest BCUT2D eigenvalue weighted by molar-refractivity contribution is 5.94. The van der Waals surface area contributed by atoms with Crippen LogP contribution in [-0.2, 0) is 20.9 Å². The van der Waals surface area contributed by atoms with Crippen molar-refractivity contribution in [3.05, 3.63) is 35.9 Å². The van der Waals surface area contributed by atoms with Crippen molar-refractivity contribution in [2.24, 2.45) is 11.3 Å². The van der Waals surface area contributed by atoms with Crippen LogP contribution in [0.2, 0.25) is 0 Å². The van der Waals surface area contributed by atoms with Crippen molar-refractivity contribution in [2.75, 3.05) is 13.1 Å². The summed E-state index contributed by atoms with van der Waals surface area (Å²) in [4.78, 5) is 36.9. The van der Waals surface area contributed by atoms with Crippen molar-refractivity contribution < 1.29 is 24.2 Å². The number of aliphatic carboxylic acids is 1. The number of likely N-dealkylation sites (tertiary alicyclic amines) is 1. The molecule has 1 saturated carbocycles. The molecule has 0 spiro atoms. The molecule has 2 aliphatic rings. The number of carbonyl (C=O) groups is 3. The second-order valence-electron chi connectivity index (χ2n) is 5.90. The molecule has 1 aromatic carbocycles. The topological polar surface area (TPSA) is 83.9 Å². The van der Waals surface area contributed by atoms with Crippen LogP contribution in [0.25, 0.3) is 0 Å². The first-order chi connectivity index (χ1) is 10.5. The van der Waals surface area contributed by atoms with Gasteiger partial charge < -0.3 is 14.7 Å². The van der Waals surface area contributed by atoms with E-state index in [4.69, 9.17) is 4.74 Å². The maximum atomic E-state index is 12.1. The monoisotopic (exact) mass is 303 g/mol. The number of ether oxygens (including phenoxy) is 1. The number of Topliss-reactive ketones (excluding diaryl/α,β-unsaturated/α-hetero) is 1. The fraction of sp³-hybridized carbons (Fsp3) is 0.438. The van der Waals surface area contributed by atoms with Crippen LogP contribution in [0.1, 0.15) is 18.4 Å². The average Bonchev–Trinajstić information content (AvgIpc) is 3.05. The van der Waals surface area contributed by atoms with Gasteiger partial charge in [-0.1, -0.05) is 30.3 Å². The molecule has 0 aromatic heterocycles. The molecule has 1 saturated heterocycles. The fourth-order valence-electron chi connectivity index (χ4n) is 3.37. The maximum absolute atomic E-state index is 12.1. The first-order valence-corrected chi connectivity index (χ1v) is 7.25. The molecule has 0 radical (unpaired) electrons. The Bertz CT molecular complexity index is 614. The zero-order chi connectivity index (χ0) is 15.7. The lowest BCUT2D eigenvalue weighted by Gasteiger charge is -2.22. The van der Waals surface area contributed by atoms with Crippen LogP contribution in [0.15, 0.2) is 30.3 Å². The Kier molecular flexibility index (Phi) is 3.60. The summed E-state index contributed by atoms with van der Waals surface area (Å²) < 4.78 is 5.22. The van der Waals surface area contributed by atoms with E-state index in [0.29, 0.717) is 6.42 Å². The molecule has 1 N–H and O–H groups in total. The molecule has 2 atom stereocenters. The Labute approximate surface area is 127 Å². The zero-order valence-electron chi connectivity index (χ0n) is 12.0. The summed E-state index contributed by atoms with van der Waals surface area (Å²) in [7, 11) is 0. The third kappa shape index (κ3) is 2.34. The van der Waals surface area contributed by atoms with Crippen LogP contribution < -0.4 is 0 Å². The Hall–Kier alpha value is -2.37. The molecule has 1 aliphatic carbocycles. The maximum Gasteiger partial charge on any atom is 0.410 e. The van der Waals surface area contributed by atoms with E-state index in [9.17, 15) is 19.5 Å². The zero-order valence-corrected chi connectivity index (χ0v) is 12.0. The van der Waals surface area contributed by atoms with Crippen molar-refractivity contribution in [2.45, 2.75) is 19.4 Å². The van der Waals surface area contributed by atoms with E-state index < -0.39 is 23.4 Å². The molecule has 6 nitrogen and oxygen atoms in total. The number of carbonyl (C=O) groups excluding carboxylic acids is 2. The summed E-state index contributed by atoms with van der Waals surface area (Å²) in [5.41, 5.74) is -0.262. The van der Waals surface area contributed by atoms with Crippen LogP contribution in [-0.4, -0.2) is 40.9 Å². The predicted molar refractivity (Wildman–Crippen MR) is 76.0 cm³/mol. The number of nitrogens with zero attached hydrogens (tertiary/aromatic N) is 1. The lowest BCUT2D eigenvalue weighted by Crippen LogP contribution is -2.37. The van der Waals surface area contributed by atoms with Gasteiger partial charge >= 0.3 is 12.1 Å². The van der Waals surface area contributed by atoms with Crippen LogP contribution in [0, 0.1) is 11.3 Å². The first-order valence-electron chi connectivity index (χ1n) is 7.25. The first kappa shape index (κ1) is 14.6. The molecule has 116 valence electrons. The van der Waals surface area contributed by atoms with Gasteiger partial charge in [0.05, 0.1) is 11.3 Å². The van der Waals surface area contributed by atoms with Gasteiger partial charge in [-0.3, -0.25) is 9.59 Å². The molecule has 0 bridgehead atoms. The lowest BCUT2D eigenvalue weighted by molar-refractivity contribution is -0.150. The number of rotatable bonds is 3. The standard InChI is InChI=1S/C16H17NO5/c18-13-6-7-16(14(19)20)10-17(8-12(13)16)15(21)22-9-11-4-2-1-3-5-11/h1-5,12H,6-10H2,(H,19,20). The third-order valence-corrected chi connectivity index (χ3v) is 4.64. The van der Waals surface area contributed by atoms with Crippen molar-refractivity contribution in [3.8, 4) is 0 Å². The minimum atomic E-state index is -1.12. The molecule has 1 heterocycles. The van der Waals surface area contributed by atoms with Gasteiger partial charge in [0, 0.05) is 19.5 Å². The highest BCUT2D eigenvalue weighted by Crippen LogP contribution is 2.47. The summed E-state index contributed by atoms with van der Waals surface area (Å²) >= 11 is 0. The van der Waals surface area contributed by atoms with E-state index in [1.54, 1.807) is 0 Å². The minimum Gasteiger partial charge on any atom is -0.481 e. The van der Waals surface area contributed by atoms with Crippen LogP contribution >= 0.6 is 0 Å². The Morgan fingerprint density at radius 3 is 2.68 bits per heavy atom.